The summed E-state index contributed by atoms with van der Waals surface area (Å²) in [5.74, 6) is -2.33. The van der Waals surface area contributed by atoms with E-state index >= 15 is 0 Å². The van der Waals surface area contributed by atoms with Gasteiger partial charge in [-0.25, -0.2) is 5.06 Å². The van der Waals surface area contributed by atoms with Gasteiger partial charge >= 0.3 is 0 Å². The number of hydrogen-bond acceptors (Lipinski definition) is 10. The summed E-state index contributed by atoms with van der Waals surface area (Å²) in [6, 6.07) is 4.07. The summed E-state index contributed by atoms with van der Waals surface area (Å²) in [4.78, 5) is 79.3. The predicted molar refractivity (Wildman–Crippen MR) is 228 cm³/mol. The van der Waals surface area contributed by atoms with Crippen LogP contribution in [-0.2, 0) is 44.7 Å². The van der Waals surface area contributed by atoms with Gasteiger partial charge < -0.3 is 29.7 Å². The molecule has 0 unspecified atom stereocenters. The third kappa shape index (κ3) is 13.1. The first-order valence-electron chi connectivity index (χ1n) is 22.0. The number of aromatic hydroxyl groups is 1. The van der Waals surface area contributed by atoms with Crippen LogP contribution >= 0.6 is 0 Å². The highest BCUT2D eigenvalue weighted by Gasteiger charge is 2.43. The van der Waals surface area contributed by atoms with Gasteiger partial charge in [-0.15, -0.1) is 0 Å². The van der Waals surface area contributed by atoms with Gasteiger partial charge in [-0.1, -0.05) is 67.0 Å². The highest BCUT2D eigenvalue weighted by Crippen LogP contribution is 2.32. The SMILES string of the molecule is CC[C@H](C)[C@@H]([C@@H](CC(=O)N1CCC[C@H]1[C@H](OC)[C@@H](C)C(=O)C[C@@H](Cc1ccc(O)c(C)c1)C(=O)N1CCCCO1)OC)N(C)C(=O)[C@@H](CC(=O)[C@@H](NC)C(C)C)C(C)C. The largest absolute Gasteiger partial charge is 0.508 e. The predicted octanol–water partition coefficient (Wildman–Crippen LogP) is 5.77. The van der Waals surface area contributed by atoms with Crippen LogP contribution in [0.25, 0.3) is 0 Å². The van der Waals surface area contributed by atoms with E-state index < -0.39 is 36.0 Å². The van der Waals surface area contributed by atoms with Crippen molar-refractivity contribution in [3.63, 3.8) is 0 Å². The van der Waals surface area contributed by atoms with E-state index in [-0.39, 0.29) is 84.1 Å². The topological polar surface area (TPSA) is 155 Å². The summed E-state index contributed by atoms with van der Waals surface area (Å²) >= 11 is 0. The number of nitrogens with zero attached hydrogens (tertiary/aromatic N) is 3. The van der Waals surface area contributed by atoms with Crippen LogP contribution in [0.2, 0.25) is 0 Å². The Morgan fingerprint density at radius 1 is 0.932 bits per heavy atom. The van der Waals surface area contributed by atoms with Crippen LogP contribution in [0.1, 0.15) is 111 Å². The van der Waals surface area contributed by atoms with Gasteiger partial charge in [0, 0.05) is 59.0 Å². The smallest absolute Gasteiger partial charge is 0.250 e. The Bertz CT molecular complexity index is 1550. The third-order valence-electron chi connectivity index (χ3n) is 13.0. The second-order valence-corrected chi connectivity index (χ2v) is 17.8. The number of carbonyl (C=O) groups excluding carboxylic acids is 5. The molecule has 2 heterocycles. The highest BCUT2D eigenvalue weighted by atomic mass is 16.7. The van der Waals surface area contributed by atoms with Crippen molar-refractivity contribution in [2.45, 2.75) is 144 Å². The monoisotopic (exact) mass is 829 g/mol. The number of ketones is 2. The minimum atomic E-state index is -0.682. The van der Waals surface area contributed by atoms with Crippen molar-refractivity contribution in [2.24, 2.45) is 35.5 Å². The van der Waals surface area contributed by atoms with Crippen molar-refractivity contribution in [3.05, 3.63) is 29.3 Å². The standard InChI is InChI=1S/C46H76N4O9/c1-13-30(6)43(48(10)46(56)35(28(2)3)26-39(53)42(47-9)29(4)5)40(57-11)27-41(54)49-20-16-17-36(49)44(58-12)32(8)38(52)25-34(45(55)50-21-14-15-22-59-50)24-33-18-19-37(51)31(7)23-33/h18-19,23,28-30,32,34-36,40,42-44,47,51H,13-17,20-22,24-27H2,1-12H3/t30-,32-,34+,35-,36-,40+,42-,43-,44+/m0/s1. The van der Waals surface area contributed by atoms with E-state index in [1.807, 2.05) is 45.6 Å². The second-order valence-electron chi connectivity index (χ2n) is 17.8. The Morgan fingerprint density at radius 3 is 2.17 bits per heavy atom. The Hall–Kier alpha value is -3.39. The van der Waals surface area contributed by atoms with Crippen LogP contribution in [-0.4, -0.2) is 128 Å². The molecule has 0 bridgehead atoms. The fourth-order valence-electron chi connectivity index (χ4n) is 9.20. The average Bonchev–Trinajstić information content (AvgIpc) is 3.70. The fraction of sp³-hybridized carbons (Fsp3) is 0.761. The van der Waals surface area contributed by atoms with E-state index in [0.29, 0.717) is 38.1 Å². The molecule has 13 nitrogen and oxygen atoms in total. The summed E-state index contributed by atoms with van der Waals surface area (Å²) < 4.78 is 12.1. The maximum absolute atomic E-state index is 14.4. The molecule has 2 fully saturated rings. The molecule has 59 heavy (non-hydrogen) atoms. The van der Waals surface area contributed by atoms with Gasteiger partial charge in [0.25, 0.3) is 0 Å². The number of Topliss-reactive ketones (excluding diaryl/α,β-unsaturated/α-hetero) is 2. The number of methoxy groups -OCH3 is 2. The van der Waals surface area contributed by atoms with Crippen LogP contribution in [0.15, 0.2) is 18.2 Å². The molecule has 3 rings (SSSR count). The van der Waals surface area contributed by atoms with Gasteiger partial charge in [0.2, 0.25) is 17.7 Å². The van der Waals surface area contributed by atoms with E-state index in [2.05, 4.69) is 19.2 Å². The average molecular weight is 829 g/mol. The molecule has 0 aromatic heterocycles. The van der Waals surface area contributed by atoms with Crippen molar-refractivity contribution >= 4 is 29.3 Å². The van der Waals surface area contributed by atoms with Gasteiger partial charge in [0.15, 0.2) is 5.78 Å². The van der Waals surface area contributed by atoms with Crippen LogP contribution in [0.4, 0.5) is 0 Å². The van der Waals surface area contributed by atoms with Crippen molar-refractivity contribution < 1.29 is 43.4 Å². The van der Waals surface area contributed by atoms with Gasteiger partial charge in [0.1, 0.15) is 11.5 Å². The summed E-state index contributed by atoms with van der Waals surface area (Å²) in [5.41, 5.74) is 1.53. The number of benzene rings is 1. The van der Waals surface area contributed by atoms with Crippen LogP contribution in [0.5, 0.6) is 5.75 Å². The molecule has 0 radical (unpaired) electrons. The first-order chi connectivity index (χ1) is 27.9. The lowest BCUT2D eigenvalue weighted by Crippen LogP contribution is -2.54. The zero-order valence-corrected chi connectivity index (χ0v) is 38.1. The second kappa shape index (κ2) is 23.6. The van der Waals surface area contributed by atoms with Gasteiger partial charge in [0.05, 0.1) is 49.3 Å². The number of hydrogen-bond donors (Lipinski definition) is 2. The molecule has 1 aromatic rings. The number of phenolic OH excluding ortho intramolecular Hbond substituents is 1. The van der Waals surface area contributed by atoms with E-state index in [1.54, 1.807) is 52.3 Å². The Labute approximate surface area is 354 Å². The normalized spacial score (nSPS) is 20.1. The molecular weight excluding hydrogens is 753 g/mol. The number of phenols is 1. The molecule has 3 amide bonds. The molecule has 0 saturated carbocycles. The number of carbonyl (C=O) groups is 5. The lowest BCUT2D eigenvalue weighted by molar-refractivity contribution is -0.201. The lowest BCUT2D eigenvalue weighted by atomic mass is 9.84. The molecule has 13 heteroatoms. The van der Waals surface area contributed by atoms with E-state index in [0.717, 1.165) is 31.2 Å². The number of rotatable bonds is 23. The number of likely N-dealkylation sites (tertiary alicyclic amines) is 1. The Morgan fingerprint density at radius 2 is 1.63 bits per heavy atom. The van der Waals surface area contributed by atoms with Crippen LogP contribution < -0.4 is 5.32 Å². The van der Waals surface area contributed by atoms with Crippen molar-refractivity contribution in [1.29, 1.82) is 0 Å². The van der Waals surface area contributed by atoms with Crippen molar-refractivity contribution in [1.82, 2.24) is 20.2 Å². The summed E-state index contributed by atoms with van der Waals surface area (Å²) in [6.07, 6.45) is 3.01. The van der Waals surface area contributed by atoms with Gasteiger partial charge in [-0.05, 0) is 81.0 Å². The summed E-state index contributed by atoms with van der Waals surface area (Å²) in [6.45, 7) is 17.0. The highest BCUT2D eigenvalue weighted by molar-refractivity contribution is 5.90. The van der Waals surface area contributed by atoms with E-state index in [1.165, 1.54) is 5.06 Å². The molecule has 2 aliphatic rings. The van der Waals surface area contributed by atoms with Gasteiger partial charge in [-0.3, -0.25) is 28.8 Å². The van der Waals surface area contributed by atoms with Crippen molar-refractivity contribution in [2.75, 3.05) is 48.0 Å². The number of aryl methyl sites for hydroxylation is 1. The third-order valence-corrected chi connectivity index (χ3v) is 13.0. The molecule has 0 spiro atoms. The molecular formula is C46H76N4O9. The van der Waals surface area contributed by atoms with Crippen LogP contribution in [0.3, 0.4) is 0 Å². The maximum atomic E-state index is 14.4. The molecule has 1 aromatic carbocycles. The number of likely N-dealkylation sites (N-methyl/N-ethyl adjacent to an activating group) is 2. The van der Waals surface area contributed by atoms with E-state index in [4.69, 9.17) is 14.3 Å². The summed E-state index contributed by atoms with van der Waals surface area (Å²) in [7, 11) is 6.66. The number of amides is 3. The molecule has 2 N–H and O–H groups in total. The zero-order chi connectivity index (χ0) is 44.1. The molecule has 0 aliphatic carbocycles. The number of nitrogens with one attached hydrogen (secondary N) is 1. The lowest BCUT2D eigenvalue weighted by Gasteiger charge is -2.41. The fourth-order valence-corrected chi connectivity index (χ4v) is 9.20. The Kier molecular flexibility index (Phi) is 20.0. The first-order valence-corrected chi connectivity index (χ1v) is 22.0. The summed E-state index contributed by atoms with van der Waals surface area (Å²) in [5, 5.41) is 14.6. The first kappa shape index (κ1) is 50.0. The number of ether oxygens (including phenoxy) is 2. The van der Waals surface area contributed by atoms with Crippen LogP contribution in [0, 0.1) is 42.4 Å². The maximum Gasteiger partial charge on any atom is 0.250 e. The van der Waals surface area contributed by atoms with E-state index in [9.17, 15) is 29.1 Å². The molecule has 9 atom stereocenters. The minimum absolute atomic E-state index is 0.00699. The molecule has 2 aliphatic heterocycles. The van der Waals surface area contributed by atoms with Gasteiger partial charge in [-0.2, -0.15) is 0 Å². The quantitative estimate of drug-likeness (QED) is 0.139. The Balaban J connectivity index is 1.81. The minimum Gasteiger partial charge on any atom is -0.508 e. The van der Waals surface area contributed by atoms with Crippen molar-refractivity contribution in [3.8, 4) is 5.75 Å². The molecule has 334 valence electrons. The zero-order valence-electron chi connectivity index (χ0n) is 38.1. The molecule has 2 saturated heterocycles. The number of hydroxylamine groups is 2.